The van der Waals surface area contributed by atoms with E-state index in [4.69, 9.17) is 0 Å². The van der Waals surface area contributed by atoms with Crippen molar-refractivity contribution in [3.8, 4) is 0 Å². The van der Waals surface area contributed by atoms with Crippen molar-refractivity contribution in [1.29, 1.82) is 0 Å². The van der Waals surface area contributed by atoms with Crippen LogP contribution in [0.25, 0.3) is 0 Å². The second-order valence-electron chi connectivity index (χ2n) is 6.79. The van der Waals surface area contributed by atoms with Gasteiger partial charge >= 0.3 is 0 Å². The Morgan fingerprint density at radius 1 is 1.10 bits per heavy atom. The molecular formula is C19H32N2. The van der Waals surface area contributed by atoms with Crippen LogP contribution < -0.4 is 5.32 Å². The first-order chi connectivity index (χ1) is 10.2. The van der Waals surface area contributed by atoms with Crippen LogP contribution in [0.15, 0.2) is 30.3 Å². The zero-order valence-electron chi connectivity index (χ0n) is 13.9. The van der Waals surface area contributed by atoms with Crippen LogP contribution in [0.3, 0.4) is 0 Å². The van der Waals surface area contributed by atoms with Crippen LogP contribution in [0.5, 0.6) is 0 Å². The summed E-state index contributed by atoms with van der Waals surface area (Å²) in [6, 6.07) is 11.6. The highest BCUT2D eigenvalue weighted by Gasteiger charge is 2.18. The Hall–Kier alpha value is -0.860. The van der Waals surface area contributed by atoms with Gasteiger partial charge in [0.25, 0.3) is 0 Å². The summed E-state index contributed by atoms with van der Waals surface area (Å²) in [6.45, 7) is 9.50. The van der Waals surface area contributed by atoms with E-state index in [1.807, 2.05) is 0 Å². The van der Waals surface area contributed by atoms with E-state index in [1.54, 1.807) is 0 Å². The minimum atomic E-state index is 0.624. The Balaban J connectivity index is 1.56. The predicted molar refractivity (Wildman–Crippen MR) is 91.7 cm³/mol. The molecule has 118 valence electrons. The van der Waals surface area contributed by atoms with Crippen molar-refractivity contribution < 1.29 is 0 Å². The molecule has 1 fully saturated rings. The molecule has 0 amide bonds. The molecule has 1 aliphatic rings. The van der Waals surface area contributed by atoms with Gasteiger partial charge in [0.05, 0.1) is 0 Å². The van der Waals surface area contributed by atoms with E-state index in [2.05, 4.69) is 54.4 Å². The van der Waals surface area contributed by atoms with Crippen LogP contribution in [-0.2, 0) is 6.42 Å². The molecule has 1 N–H and O–H groups in total. The number of piperidine rings is 1. The van der Waals surface area contributed by atoms with Crippen LogP contribution >= 0.6 is 0 Å². The SMILES string of the molecule is CC(C)NCCCCN1CCC(Cc2ccccc2)CC1. The van der Waals surface area contributed by atoms with Gasteiger partial charge in [0.1, 0.15) is 0 Å². The van der Waals surface area contributed by atoms with Crippen molar-refractivity contribution in [3.05, 3.63) is 35.9 Å². The molecule has 0 radical (unpaired) electrons. The highest BCUT2D eigenvalue weighted by atomic mass is 15.1. The lowest BCUT2D eigenvalue weighted by molar-refractivity contribution is 0.181. The lowest BCUT2D eigenvalue weighted by Gasteiger charge is -2.32. The van der Waals surface area contributed by atoms with Crippen LogP contribution in [0, 0.1) is 5.92 Å². The van der Waals surface area contributed by atoms with Crippen molar-refractivity contribution >= 4 is 0 Å². The van der Waals surface area contributed by atoms with Crippen molar-refractivity contribution in [2.24, 2.45) is 5.92 Å². The summed E-state index contributed by atoms with van der Waals surface area (Å²) in [6.07, 6.45) is 6.66. The van der Waals surface area contributed by atoms with Crippen molar-refractivity contribution in [2.75, 3.05) is 26.2 Å². The summed E-state index contributed by atoms with van der Waals surface area (Å²) in [4.78, 5) is 2.66. The Morgan fingerprint density at radius 3 is 2.48 bits per heavy atom. The number of nitrogens with zero attached hydrogens (tertiary/aromatic N) is 1. The molecule has 1 aromatic carbocycles. The van der Waals surface area contributed by atoms with Gasteiger partial charge < -0.3 is 10.2 Å². The van der Waals surface area contributed by atoms with E-state index in [-0.39, 0.29) is 0 Å². The number of unbranched alkanes of at least 4 members (excludes halogenated alkanes) is 1. The molecule has 0 aromatic heterocycles. The van der Waals surface area contributed by atoms with Crippen LogP contribution in [-0.4, -0.2) is 37.1 Å². The van der Waals surface area contributed by atoms with E-state index in [1.165, 1.54) is 63.8 Å². The molecule has 1 aliphatic heterocycles. The third-order valence-electron chi connectivity index (χ3n) is 4.53. The van der Waals surface area contributed by atoms with Gasteiger partial charge in [0, 0.05) is 6.04 Å². The van der Waals surface area contributed by atoms with Gasteiger partial charge in [0.2, 0.25) is 0 Å². The summed E-state index contributed by atoms with van der Waals surface area (Å²) in [7, 11) is 0. The van der Waals surface area contributed by atoms with Crippen molar-refractivity contribution in [2.45, 2.75) is 52.0 Å². The molecular weight excluding hydrogens is 256 g/mol. The van der Waals surface area contributed by atoms with Gasteiger partial charge in [-0.15, -0.1) is 0 Å². The lowest BCUT2D eigenvalue weighted by Crippen LogP contribution is -2.35. The molecule has 1 saturated heterocycles. The minimum absolute atomic E-state index is 0.624. The van der Waals surface area contributed by atoms with E-state index in [9.17, 15) is 0 Å². The van der Waals surface area contributed by atoms with E-state index in [0.717, 1.165) is 5.92 Å². The molecule has 0 bridgehead atoms. The fourth-order valence-electron chi connectivity index (χ4n) is 3.21. The van der Waals surface area contributed by atoms with Gasteiger partial charge in [-0.3, -0.25) is 0 Å². The van der Waals surface area contributed by atoms with Crippen LogP contribution in [0.4, 0.5) is 0 Å². The van der Waals surface area contributed by atoms with Gasteiger partial charge in [-0.25, -0.2) is 0 Å². The van der Waals surface area contributed by atoms with E-state index < -0.39 is 0 Å². The predicted octanol–water partition coefficient (Wildman–Crippen LogP) is 3.72. The topological polar surface area (TPSA) is 15.3 Å². The molecule has 1 aromatic rings. The largest absolute Gasteiger partial charge is 0.315 e. The fourth-order valence-corrected chi connectivity index (χ4v) is 3.21. The zero-order chi connectivity index (χ0) is 14.9. The van der Waals surface area contributed by atoms with Gasteiger partial charge in [0.15, 0.2) is 0 Å². The lowest BCUT2D eigenvalue weighted by atomic mass is 9.90. The number of nitrogens with one attached hydrogen (secondary N) is 1. The molecule has 2 nitrogen and oxygen atoms in total. The monoisotopic (exact) mass is 288 g/mol. The summed E-state index contributed by atoms with van der Waals surface area (Å²) in [5.41, 5.74) is 1.51. The van der Waals surface area contributed by atoms with Crippen molar-refractivity contribution in [3.63, 3.8) is 0 Å². The quantitative estimate of drug-likeness (QED) is 0.733. The highest BCUT2D eigenvalue weighted by molar-refractivity contribution is 5.15. The number of rotatable bonds is 8. The third kappa shape index (κ3) is 6.62. The summed E-state index contributed by atoms with van der Waals surface area (Å²) < 4.78 is 0. The average Bonchev–Trinajstić information content (AvgIpc) is 2.49. The Morgan fingerprint density at radius 2 is 1.81 bits per heavy atom. The second kappa shape index (κ2) is 9.22. The summed E-state index contributed by atoms with van der Waals surface area (Å²) in [5.74, 6) is 0.895. The second-order valence-corrected chi connectivity index (χ2v) is 6.79. The van der Waals surface area contributed by atoms with Gasteiger partial charge in [-0.1, -0.05) is 44.2 Å². The average molecular weight is 288 g/mol. The smallest absolute Gasteiger partial charge is 0.00103 e. The molecule has 0 aliphatic carbocycles. The summed E-state index contributed by atoms with van der Waals surface area (Å²) in [5, 5.41) is 3.50. The maximum Gasteiger partial charge on any atom is 0.00103 e. The molecule has 21 heavy (non-hydrogen) atoms. The van der Waals surface area contributed by atoms with Gasteiger partial charge in [-0.05, 0) is 69.8 Å². The summed E-state index contributed by atoms with van der Waals surface area (Å²) >= 11 is 0. The Kier molecular flexibility index (Phi) is 7.25. The molecule has 0 unspecified atom stereocenters. The van der Waals surface area contributed by atoms with Crippen LogP contribution in [0.2, 0.25) is 0 Å². The van der Waals surface area contributed by atoms with Crippen LogP contribution in [0.1, 0.15) is 45.1 Å². The first-order valence-electron chi connectivity index (χ1n) is 8.73. The van der Waals surface area contributed by atoms with E-state index in [0.29, 0.717) is 6.04 Å². The minimum Gasteiger partial charge on any atom is -0.315 e. The first kappa shape index (κ1) is 16.5. The molecule has 0 saturated carbocycles. The number of hydrogen-bond acceptors (Lipinski definition) is 2. The Bertz CT molecular complexity index is 366. The first-order valence-corrected chi connectivity index (χ1v) is 8.73. The molecule has 2 heteroatoms. The fraction of sp³-hybridized carbons (Fsp3) is 0.684. The number of hydrogen-bond donors (Lipinski definition) is 1. The van der Waals surface area contributed by atoms with Gasteiger partial charge in [-0.2, -0.15) is 0 Å². The number of benzene rings is 1. The molecule has 2 rings (SSSR count). The molecule has 0 spiro atoms. The maximum absolute atomic E-state index is 3.50. The maximum atomic E-state index is 3.50. The number of likely N-dealkylation sites (tertiary alicyclic amines) is 1. The van der Waals surface area contributed by atoms with Crippen molar-refractivity contribution in [1.82, 2.24) is 10.2 Å². The van der Waals surface area contributed by atoms with E-state index >= 15 is 0 Å². The molecule has 1 heterocycles. The Labute approximate surface area is 130 Å². The zero-order valence-corrected chi connectivity index (χ0v) is 13.9. The normalized spacial score (nSPS) is 17.5. The third-order valence-corrected chi connectivity index (χ3v) is 4.53. The molecule has 0 atom stereocenters. The standard InChI is InChI=1S/C19H32N2/c1-17(2)20-12-6-7-13-21-14-10-19(11-15-21)16-18-8-4-3-5-9-18/h3-5,8-9,17,19-20H,6-7,10-16H2,1-2H3. The highest BCUT2D eigenvalue weighted by Crippen LogP contribution is 2.21.